The van der Waals surface area contributed by atoms with Crippen LogP contribution in [-0.4, -0.2) is 13.2 Å². The predicted octanol–water partition coefficient (Wildman–Crippen LogP) is 5.75. The highest BCUT2D eigenvalue weighted by atomic mass is 16.5. The molecule has 0 atom stereocenters. The molecule has 21 heavy (non-hydrogen) atoms. The van der Waals surface area contributed by atoms with Crippen LogP contribution in [0.1, 0.15) is 13.8 Å². The maximum absolute atomic E-state index is 4.83. The van der Waals surface area contributed by atoms with E-state index >= 15 is 0 Å². The largest absolute Gasteiger partial charge is 0.382 e. The molecule has 2 aromatic rings. The quantitative estimate of drug-likeness (QED) is 0.648. The Labute approximate surface area is 129 Å². The maximum Gasteiger partial charge on any atom is 0.0437 e. The third kappa shape index (κ3) is 10.3. The van der Waals surface area contributed by atoms with Crippen molar-refractivity contribution in [2.24, 2.45) is 0 Å². The molecule has 112 valence electrons. The van der Waals surface area contributed by atoms with Crippen molar-refractivity contribution in [1.82, 2.24) is 0 Å². The minimum atomic E-state index is 0.844. The van der Waals surface area contributed by atoms with Crippen molar-refractivity contribution in [3.8, 4) is 11.1 Å². The molecule has 0 spiro atoms. The van der Waals surface area contributed by atoms with Crippen molar-refractivity contribution in [2.75, 3.05) is 13.2 Å². The lowest BCUT2D eigenvalue weighted by Crippen LogP contribution is -1.84. The van der Waals surface area contributed by atoms with Gasteiger partial charge in [-0.15, -0.1) is 0 Å². The summed E-state index contributed by atoms with van der Waals surface area (Å²) in [5.41, 5.74) is 2.55. The van der Waals surface area contributed by atoms with E-state index in [0.29, 0.717) is 0 Å². The van der Waals surface area contributed by atoms with E-state index in [1.54, 1.807) is 12.2 Å². The molecule has 0 fully saturated rings. The zero-order valence-corrected chi connectivity index (χ0v) is 13.2. The summed E-state index contributed by atoms with van der Waals surface area (Å²) in [7, 11) is 0. The van der Waals surface area contributed by atoms with Crippen LogP contribution in [-0.2, 0) is 4.74 Å². The molecular weight excluding hydrogens is 256 g/mol. The van der Waals surface area contributed by atoms with E-state index in [2.05, 4.69) is 61.7 Å². The smallest absolute Gasteiger partial charge is 0.0437 e. The van der Waals surface area contributed by atoms with Crippen LogP contribution >= 0.6 is 0 Å². The molecular formula is C20H26O. The molecule has 0 aliphatic heterocycles. The molecule has 1 heteroatoms. The topological polar surface area (TPSA) is 9.23 Å². The van der Waals surface area contributed by atoms with E-state index in [1.807, 2.05) is 26.0 Å². The van der Waals surface area contributed by atoms with Crippen LogP contribution in [0, 0.1) is 0 Å². The average Bonchev–Trinajstić information content (AvgIpc) is 2.58. The molecule has 0 saturated heterocycles. The van der Waals surface area contributed by atoms with Gasteiger partial charge in [-0.1, -0.05) is 86.0 Å². The third-order valence-corrected chi connectivity index (χ3v) is 2.46. The molecule has 0 bridgehead atoms. The normalized spacial score (nSPS) is 8.48. The number of hydrogen-bond acceptors (Lipinski definition) is 1. The average molecular weight is 282 g/mol. The minimum Gasteiger partial charge on any atom is -0.382 e. The van der Waals surface area contributed by atoms with Gasteiger partial charge >= 0.3 is 0 Å². The van der Waals surface area contributed by atoms with E-state index in [4.69, 9.17) is 4.74 Å². The second kappa shape index (κ2) is 14.3. The van der Waals surface area contributed by atoms with Gasteiger partial charge in [0.1, 0.15) is 0 Å². The molecule has 0 heterocycles. The number of benzene rings is 2. The number of ether oxygens (including phenoxy) is 1. The summed E-state index contributed by atoms with van der Waals surface area (Å²) in [5, 5.41) is 0. The fourth-order valence-electron chi connectivity index (χ4n) is 1.47. The molecule has 0 amide bonds. The van der Waals surface area contributed by atoms with Gasteiger partial charge in [0.2, 0.25) is 0 Å². The Kier molecular flexibility index (Phi) is 12.8. The molecule has 0 saturated carbocycles. The van der Waals surface area contributed by atoms with E-state index in [1.165, 1.54) is 11.1 Å². The first-order valence-corrected chi connectivity index (χ1v) is 7.21. The molecule has 1 nitrogen and oxygen atoms in total. The highest BCUT2D eigenvalue weighted by molar-refractivity contribution is 5.62. The molecule has 2 aromatic carbocycles. The summed E-state index contributed by atoms with van der Waals surface area (Å²) < 4.78 is 4.83. The number of allylic oxidation sites excluding steroid dienone is 2. The first kappa shape index (κ1) is 18.9. The highest BCUT2D eigenvalue weighted by Crippen LogP contribution is 2.17. The van der Waals surface area contributed by atoms with Gasteiger partial charge < -0.3 is 4.74 Å². The molecule has 0 aliphatic carbocycles. The van der Waals surface area contributed by atoms with Crippen molar-refractivity contribution in [3.63, 3.8) is 0 Å². The molecule has 0 aromatic heterocycles. The Balaban J connectivity index is 0.000000374. The zero-order valence-electron chi connectivity index (χ0n) is 13.2. The van der Waals surface area contributed by atoms with Gasteiger partial charge in [-0.25, -0.2) is 0 Å². The van der Waals surface area contributed by atoms with Crippen LogP contribution in [0.5, 0.6) is 0 Å². The van der Waals surface area contributed by atoms with Crippen LogP contribution in [0.25, 0.3) is 11.1 Å². The molecule has 0 radical (unpaired) electrons. The fourth-order valence-corrected chi connectivity index (χ4v) is 1.47. The van der Waals surface area contributed by atoms with E-state index in [-0.39, 0.29) is 0 Å². The summed E-state index contributed by atoms with van der Waals surface area (Å²) in [6, 6.07) is 20.8. The van der Waals surface area contributed by atoms with Crippen molar-refractivity contribution >= 4 is 0 Å². The summed E-state index contributed by atoms with van der Waals surface area (Å²) in [4.78, 5) is 0. The van der Waals surface area contributed by atoms with Crippen LogP contribution in [0.3, 0.4) is 0 Å². The second-order valence-electron chi connectivity index (χ2n) is 3.98. The van der Waals surface area contributed by atoms with Gasteiger partial charge in [0.25, 0.3) is 0 Å². The van der Waals surface area contributed by atoms with E-state index in [0.717, 1.165) is 13.2 Å². The van der Waals surface area contributed by atoms with Crippen LogP contribution in [0.4, 0.5) is 0 Å². The van der Waals surface area contributed by atoms with Crippen LogP contribution in [0.15, 0.2) is 86.0 Å². The zero-order chi connectivity index (χ0) is 15.8. The number of hydrogen-bond donors (Lipinski definition) is 0. The summed E-state index contributed by atoms with van der Waals surface area (Å²) in [6.45, 7) is 12.4. The van der Waals surface area contributed by atoms with Gasteiger partial charge in [-0.3, -0.25) is 0 Å². The summed E-state index contributed by atoms with van der Waals surface area (Å²) in [5.74, 6) is 0. The predicted molar refractivity (Wildman–Crippen MR) is 94.4 cm³/mol. The van der Waals surface area contributed by atoms with Crippen molar-refractivity contribution < 1.29 is 4.74 Å². The van der Waals surface area contributed by atoms with Crippen LogP contribution in [0.2, 0.25) is 0 Å². The monoisotopic (exact) mass is 282 g/mol. The second-order valence-corrected chi connectivity index (χ2v) is 3.98. The fraction of sp³-hybridized carbons (Fsp3) is 0.200. The molecule has 0 unspecified atom stereocenters. The highest BCUT2D eigenvalue weighted by Gasteiger charge is 1.91. The van der Waals surface area contributed by atoms with Crippen LogP contribution < -0.4 is 0 Å². The van der Waals surface area contributed by atoms with Gasteiger partial charge in [0.05, 0.1) is 0 Å². The Hall–Kier alpha value is -2.12. The molecule has 0 N–H and O–H groups in total. The first-order chi connectivity index (χ1) is 10.3. The van der Waals surface area contributed by atoms with E-state index < -0.39 is 0 Å². The lowest BCUT2D eigenvalue weighted by atomic mass is 10.1. The van der Waals surface area contributed by atoms with E-state index in [9.17, 15) is 0 Å². The maximum atomic E-state index is 4.83. The Morgan fingerprint density at radius 1 is 0.714 bits per heavy atom. The third-order valence-electron chi connectivity index (χ3n) is 2.46. The van der Waals surface area contributed by atoms with Crippen molar-refractivity contribution in [1.29, 1.82) is 0 Å². The SMILES string of the molecule is C=CC=C.CCOCC.c1ccc(-c2ccccc2)cc1. The lowest BCUT2D eigenvalue weighted by molar-refractivity contribution is 0.162. The Bertz CT molecular complexity index is 414. The lowest BCUT2D eigenvalue weighted by Gasteiger charge is -1.98. The first-order valence-electron chi connectivity index (χ1n) is 7.21. The van der Waals surface area contributed by atoms with Gasteiger partial charge in [-0.2, -0.15) is 0 Å². The molecule has 2 rings (SSSR count). The summed E-state index contributed by atoms with van der Waals surface area (Å²) >= 11 is 0. The van der Waals surface area contributed by atoms with Gasteiger partial charge in [0, 0.05) is 13.2 Å². The Morgan fingerprint density at radius 3 is 1.24 bits per heavy atom. The Morgan fingerprint density at radius 2 is 1.05 bits per heavy atom. The van der Waals surface area contributed by atoms with Crippen molar-refractivity contribution in [3.05, 3.63) is 86.0 Å². The van der Waals surface area contributed by atoms with Gasteiger partial charge in [-0.05, 0) is 25.0 Å². The standard InChI is InChI=1S/C12H10.C4H10O.C4H6/c1-3-7-11(8-4-1)12-9-5-2-6-10-12;1-3-5-4-2;1-3-4-2/h1-10H;3-4H2,1-2H3;3-4H,1-2H2. The number of rotatable bonds is 4. The van der Waals surface area contributed by atoms with Crippen molar-refractivity contribution in [2.45, 2.75) is 13.8 Å². The molecule has 0 aliphatic rings. The summed E-state index contributed by atoms with van der Waals surface area (Å²) in [6.07, 6.45) is 3.28. The minimum absolute atomic E-state index is 0.844. The van der Waals surface area contributed by atoms with Gasteiger partial charge in [0.15, 0.2) is 0 Å².